The Kier molecular flexibility index (Phi) is 5.65. The SMILES string of the molecule is COc1ccc(NC(=O)Cc2cnn(-c3ccccc3)c2)cc1OC(F)F. The van der Waals surface area contributed by atoms with Crippen LogP contribution in [0.5, 0.6) is 11.5 Å². The maximum atomic E-state index is 12.5. The highest BCUT2D eigenvalue weighted by Gasteiger charge is 2.13. The van der Waals surface area contributed by atoms with Gasteiger partial charge in [0.1, 0.15) is 0 Å². The molecule has 3 rings (SSSR count). The summed E-state index contributed by atoms with van der Waals surface area (Å²) >= 11 is 0. The number of hydrogen-bond donors (Lipinski definition) is 1. The smallest absolute Gasteiger partial charge is 0.387 e. The zero-order valence-electron chi connectivity index (χ0n) is 14.4. The van der Waals surface area contributed by atoms with Crippen LogP contribution in [0.4, 0.5) is 14.5 Å². The number of nitrogens with one attached hydrogen (secondary N) is 1. The first-order valence-electron chi connectivity index (χ1n) is 8.07. The van der Waals surface area contributed by atoms with E-state index in [2.05, 4.69) is 15.2 Å². The second-order valence-electron chi connectivity index (χ2n) is 5.60. The van der Waals surface area contributed by atoms with Gasteiger partial charge in [-0.2, -0.15) is 13.9 Å². The monoisotopic (exact) mass is 373 g/mol. The van der Waals surface area contributed by atoms with Gasteiger partial charge in [-0.05, 0) is 29.8 Å². The van der Waals surface area contributed by atoms with E-state index in [0.29, 0.717) is 11.3 Å². The van der Waals surface area contributed by atoms with E-state index in [1.165, 1.54) is 19.2 Å². The minimum absolute atomic E-state index is 0.0872. The Hall–Kier alpha value is -3.42. The van der Waals surface area contributed by atoms with Crippen molar-refractivity contribution in [1.82, 2.24) is 9.78 Å². The molecule has 1 N–H and O–H groups in total. The Morgan fingerprint density at radius 1 is 1.19 bits per heavy atom. The highest BCUT2D eigenvalue weighted by atomic mass is 19.3. The van der Waals surface area contributed by atoms with Crippen LogP contribution in [0.15, 0.2) is 60.9 Å². The van der Waals surface area contributed by atoms with Crippen molar-refractivity contribution >= 4 is 11.6 Å². The average Bonchev–Trinajstić information content (AvgIpc) is 3.10. The molecule has 0 radical (unpaired) electrons. The summed E-state index contributed by atoms with van der Waals surface area (Å²) in [6.07, 6.45) is 3.45. The third-order valence-electron chi connectivity index (χ3n) is 3.68. The van der Waals surface area contributed by atoms with Gasteiger partial charge in [0.15, 0.2) is 11.5 Å². The van der Waals surface area contributed by atoms with Crippen molar-refractivity contribution in [2.75, 3.05) is 12.4 Å². The summed E-state index contributed by atoms with van der Waals surface area (Å²) in [4.78, 5) is 12.2. The van der Waals surface area contributed by atoms with Crippen molar-refractivity contribution in [3.05, 3.63) is 66.5 Å². The van der Waals surface area contributed by atoms with E-state index in [1.807, 2.05) is 30.3 Å². The molecule has 1 aromatic heterocycles. The predicted octanol–water partition coefficient (Wildman–Crippen LogP) is 3.66. The summed E-state index contributed by atoms with van der Waals surface area (Å²) in [5, 5.41) is 6.88. The number of amides is 1. The van der Waals surface area contributed by atoms with Crippen LogP contribution in [0, 0.1) is 0 Å². The number of nitrogens with zero attached hydrogens (tertiary/aromatic N) is 2. The standard InChI is InChI=1S/C19H17F2N3O3/c1-26-16-8-7-14(10-17(16)27-19(20)21)23-18(25)9-13-11-22-24(12-13)15-5-3-2-4-6-15/h2-8,10-12,19H,9H2,1H3,(H,23,25). The number of aromatic nitrogens is 2. The lowest BCUT2D eigenvalue weighted by Crippen LogP contribution is -2.14. The van der Waals surface area contributed by atoms with Crippen molar-refractivity contribution in [3.63, 3.8) is 0 Å². The summed E-state index contributed by atoms with van der Waals surface area (Å²) in [5.41, 5.74) is 1.92. The number of alkyl halides is 2. The van der Waals surface area contributed by atoms with Gasteiger partial charge in [0.25, 0.3) is 0 Å². The highest BCUT2D eigenvalue weighted by molar-refractivity contribution is 5.92. The molecule has 2 aromatic carbocycles. The molecule has 6 nitrogen and oxygen atoms in total. The van der Waals surface area contributed by atoms with Crippen LogP contribution in [0.1, 0.15) is 5.56 Å². The number of carbonyl (C=O) groups excluding carboxylic acids is 1. The number of ether oxygens (including phenoxy) is 2. The molecule has 3 aromatic rings. The van der Waals surface area contributed by atoms with E-state index >= 15 is 0 Å². The molecule has 0 fully saturated rings. The van der Waals surface area contributed by atoms with Crippen molar-refractivity contribution in [2.45, 2.75) is 13.0 Å². The first kappa shape index (κ1) is 18.4. The molecule has 1 heterocycles. The van der Waals surface area contributed by atoms with E-state index in [1.54, 1.807) is 23.1 Å². The summed E-state index contributed by atoms with van der Waals surface area (Å²) in [5.74, 6) is -0.310. The summed E-state index contributed by atoms with van der Waals surface area (Å²) in [7, 11) is 1.34. The molecular weight excluding hydrogens is 356 g/mol. The van der Waals surface area contributed by atoms with Crippen molar-refractivity contribution in [2.24, 2.45) is 0 Å². The molecule has 140 valence electrons. The van der Waals surface area contributed by atoms with Gasteiger partial charge in [0.05, 0.1) is 25.4 Å². The summed E-state index contributed by atoms with van der Waals surface area (Å²) in [6, 6.07) is 13.8. The Bertz CT molecular complexity index is 914. The van der Waals surface area contributed by atoms with E-state index in [4.69, 9.17) is 4.74 Å². The highest BCUT2D eigenvalue weighted by Crippen LogP contribution is 2.31. The van der Waals surface area contributed by atoms with Gasteiger partial charge in [0.2, 0.25) is 5.91 Å². The zero-order chi connectivity index (χ0) is 19.2. The third-order valence-corrected chi connectivity index (χ3v) is 3.68. The lowest BCUT2D eigenvalue weighted by atomic mass is 10.2. The van der Waals surface area contributed by atoms with Crippen molar-refractivity contribution < 1.29 is 23.0 Å². The van der Waals surface area contributed by atoms with Gasteiger partial charge in [0, 0.05) is 18.0 Å². The second-order valence-corrected chi connectivity index (χ2v) is 5.60. The third kappa shape index (κ3) is 4.81. The summed E-state index contributed by atoms with van der Waals surface area (Å²) in [6.45, 7) is -2.99. The molecule has 1 amide bonds. The fourth-order valence-corrected chi connectivity index (χ4v) is 2.51. The van der Waals surface area contributed by atoms with E-state index in [-0.39, 0.29) is 23.8 Å². The molecule has 0 saturated heterocycles. The van der Waals surface area contributed by atoms with Gasteiger partial charge >= 0.3 is 6.61 Å². The molecule has 0 aliphatic heterocycles. The first-order chi connectivity index (χ1) is 13.0. The number of anilines is 1. The van der Waals surface area contributed by atoms with Crippen LogP contribution in [-0.2, 0) is 11.2 Å². The average molecular weight is 373 g/mol. The molecule has 8 heteroatoms. The molecule has 0 spiro atoms. The van der Waals surface area contributed by atoms with Gasteiger partial charge < -0.3 is 14.8 Å². The van der Waals surface area contributed by atoms with Crippen LogP contribution in [-0.4, -0.2) is 29.4 Å². The zero-order valence-corrected chi connectivity index (χ0v) is 14.4. The number of benzene rings is 2. The first-order valence-corrected chi connectivity index (χ1v) is 8.07. The van der Waals surface area contributed by atoms with Crippen molar-refractivity contribution in [3.8, 4) is 17.2 Å². The van der Waals surface area contributed by atoms with Crippen LogP contribution >= 0.6 is 0 Å². The predicted molar refractivity (Wildman–Crippen MR) is 95.5 cm³/mol. The number of rotatable bonds is 7. The lowest BCUT2D eigenvalue weighted by Gasteiger charge is -2.12. The van der Waals surface area contributed by atoms with Gasteiger partial charge in [-0.3, -0.25) is 4.79 Å². The van der Waals surface area contributed by atoms with Crippen LogP contribution in [0.25, 0.3) is 5.69 Å². The Morgan fingerprint density at radius 2 is 1.96 bits per heavy atom. The minimum Gasteiger partial charge on any atom is -0.493 e. The fraction of sp³-hybridized carbons (Fsp3) is 0.158. The molecule has 0 saturated carbocycles. The quantitative estimate of drug-likeness (QED) is 0.686. The number of halogens is 2. The molecule has 0 atom stereocenters. The van der Waals surface area contributed by atoms with Crippen molar-refractivity contribution in [1.29, 1.82) is 0 Å². The minimum atomic E-state index is -2.99. The molecule has 0 unspecified atom stereocenters. The molecule has 0 aliphatic rings. The Balaban J connectivity index is 1.67. The van der Waals surface area contributed by atoms with Gasteiger partial charge in [-0.1, -0.05) is 18.2 Å². The molecule has 0 aliphatic carbocycles. The second kappa shape index (κ2) is 8.31. The van der Waals surface area contributed by atoms with Gasteiger partial charge in [-0.25, -0.2) is 4.68 Å². The van der Waals surface area contributed by atoms with E-state index in [9.17, 15) is 13.6 Å². The van der Waals surface area contributed by atoms with Crippen LogP contribution in [0.3, 0.4) is 0 Å². The maximum Gasteiger partial charge on any atom is 0.387 e. The Labute approximate surface area is 154 Å². The molecule has 27 heavy (non-hydrogen) atoms. The molecule has 0 bridgehead atoms. The number of hydrogen-bond acceptors (Lipinski definition) is 4. The lowest BCUT2D eigenvalue weighted by molar-refractivity contribution is -0.115. The van der Waals surface area contributed by atoms with Gasteiger partial charge in [-0.15, -0.1) is 0 Å². The largest absolute Gasteiger partial charge is 0.493 e. The van der Waals surface area contributed by atoms with E-state index in [0.717, 1.165) is 5.69 Å². The number of methoxy groups -OCH3 is 1. The van der Waals surface area contributed by atoms with Crippen LogP contribution < -0.4 is 14.8 Å². The summed E-state index contributed by atoms with van der Waals surface area (Å²) < 4.78 is 36.0. The molecular formula is C19H17F2N3O3. The number of para-hydroxylation sites is 1. The topological polar surface area (TPSA) is 65.4 Å². The fourth-order valence-electron chi connectivity index (χ4n) is 2.51. The number of carbonyl (C=O) groups is 1. The van der Waals surface area contributed by atoms with E-state index < -0.39 is 6.61 Å². The maximum absolute atomic E-state index is 12.5. The normalized spacial score (nSPS) is 10.7. The van der Waals surface area contributed by atoms with Crippen LogP contribution in [0.2, 0.25) is 0 Å². The Morgan fingerprint density at radius 3 is 2.67 bits per heavy atom.